The van der Waals surface area contributed by atoms with Crippen molar-refractivity contribution in [2.75, 3.05) is 21.3 Å². The highest BCUT2D eigenvalue weighted by atomic mass is 16.5. The summed E-state index contributed by atoms with van der Waals surface area (Å²) in [6.07, 6.45) is 6.77. The van der Waals surface area contributed by atoms with E-state index >= 15 is 0 Å². The Morgan fingerprint density at radius 3 is 2.39 bits per heavy atom. The van der Waals surface area contributed by atoms with Gasteiger partial charge < -0.3 is 24.4 Å². The van der Waals surface area contributed by atoms with E-state index in [-0.39, 0.29) is 5.41 Å². The van der Waals surface area contributed by atoms with Crippen molar-refractivity contribution in [2.24, 2.45) is 17.3 Å². The molecular weight excluding hydrogens is 416 g/mol. The first-order chi connectivity index (χ1) is 15.9. The number of aliphatic hydroxyl groups excluding tert-OH is 1. The Balaban J connectivity index is 1.48. The smallest absolute Gasteiger partial charge is 0.203 e. The number of rotatable bonds is 4. The number of ether oxygens (including phenoxy) is 3. The largest absolute Gasteiger partial charge is 0.508 e. The molecule has 0 saturated heterocycles. The van der Waals surface area contributed by atoms with Crippen LogP contribution in [0.3, 0.4) is 0 Å². The summed E-state index contributed by atoms with van der Waals surface area (Å²) in [5.74, 6) is 3.69. The van der Waals surface area contributed by atoms with Crippen LogP contribution in [0.15, 0.2) is 35.9 Å². The van der Waals surface area contributed by atoms with Crippen molar-refractivity contribution in [3.8, 4) is 23.0 Å². The fourth-order valence-electron chi connectivity index (χ4n) is 6.97. The van der Waals surface area contributed by atoms with Crippen molar-refractivity contribution in [1.29, 1.82) is 0 Å². The second-order valence-corrected chi connectivity index (χ2v) is 10.1. The van der Waals surface area contributed by atoms with Gasteiger partial charge in [0, 0.05) is 5.41 Å². The summed E-state index contributed by atoms with van der Waals surface area (Å²) in [6, 6.07) is 9.78. The molecule has 2 aromatic carbocycles. The minimum absolute atomic E-state index is 0.109. The lowest BCUT2D eigenvalue weighted by atomic mass is 9.55. The van der Waals surface area contributed by atoms with E-state index in [1.165, 1.54) is 11.1 Å². The SMILES string of the molecule is COc1cc(C=C2CC3C4CCc5cc(O)ccc5C4CC[C@]3(C)[C@H]2O)cc(OC)c1OC. The zero-order chi connectivity index (χ0) is 23.3. The molecule has 176 valence electrons. The third kappa shape index (κ3) is 3.48. The maximum Gasteiger partial charge on any atom is 0.203 e. The van der Waals surface area contributed by atoms with Crippen LogP contribution in [0.5, 0.6) is 23.0 Å². The molecule has 5 heteroatoms. The molecule has 0 bridgehead atoms. The number of aliphatic hydroxyl groups is 1. The molecule has 0 radical (unpaired) electrons. The minimum atomic E-state index is -0.455. The van der Waals surface area contributed by atoms with Crippen LogP contribution in [-0.2, 0) is 6.42 Å². The number of hydrogen-bond acceptors (Lipinski definition) is 5. The van der Waals surface area contributed by atoms with E-state index in [9.17, 15) is 10.2 Å². The van der Waals surface area contributed by atoms with E-state index < -0.39 is 6.10 Å². The summed E-state index contributed by atoms with van der Waals surface area (Å²) >= 11 is 0. The van der Waals surface area contributed by atoms with Crippen molar-refractivity contribution >= 4 is 6.08 Å². The number of phenolic OH excluding ortho intramolecular Hbond substituents is 1. The molecule has 0 amide bonds. The van der Waals surface area contributed by atoms with E-state index in [1.807, 2.05) is 24.3 Å². The first kappa shape index (κ1) is 22.1. The molecular formula is C28H34O5. The number of hydrogen-bond donors (Lipinski definition) is 2. The minimum Gasteiger partial charge on any atom is -0.508 e. The zero-order valence-electron chi connectivity index (χ0n) is 19.9. The number of benzene rings is 2. The lowest BCUT2D eigenvalue weighted by Crippen LogP contribution is -2.44. The lowest BCUT2D eigenvalue weighted by molar-refractivity contribution is -0.0158. The van der Waals surface area contributed by atoms with E-state index in [0.29, 0.717) is 40.8 Å². The van der Waals surface area contributed by atoms with Crippen molar-refractivity contribution in [2.45, 2.75) is 51.0 Å². The molecule has 2 N–H and O–H groups in total. The number of aryl methyl sites for hydroxylation is 1. The molecule has 3 unspecified atom stereocenters. The predicted molar refractivity (Wildman–Crippen MR) is 128 cm³/mol. The van der Waals surface area contributed by atoms with Crippen LogP contribution in [0.2, 0.25) is 0 Å². The highest BCUT2D eigenvalue weighted by Crippen LogP contribution is 2.62. The zero-order valence-corrected chi connectivity index (χ0v) is 19.9. The van der Waals surface area contributed by atoms with Gasteiger partial charge in [-0.2, -0.15) is 0 Å². The van der Waals surface area contributed by atoms with Crippen molar-refractivity contribution < 1.29 is 24.4 Å². The number of phenols is 1. The monoisotopic (exact) mass is 450 g/mol. The van der Waals surface area contributed by atoms with Crippen LogP contribution in [0.4, 0.5) is 0 Å². The van der Waals surface area contributed by atoms with Gasteiger partial charge >= 0.3 is 0 Å². The summed E-state index contributed by atoms with van der Waals surface area (Å²) < 4.78 is 16.5. The van der Waals surface area contributed by atoms with Crippen molar-refractivity contribution in [3.05, 3.63) is 52.6 Å². The molecule has 5 atom stereocenters. The maximum atomic E-state index is 11.5. The quantitative estimate of drug-likeness (QED) is 0.659. The van der Waals surface area contributed by atoms with E-state index in [2.05, 4.69) is 19.1 Å². The summed E-state index contributed by atoms with van der Waals surface area (Å²) in [6.45, 7) is 2.28. The lowest BCUT2D eigenvalue weighted by Gasteiger charge is -2.49. The van der Waals surface area contributed by atoms with Crippen LogP contribution in [0.1, 0.15) is 55.2 Å². The Bertz CT molecular complexity index is 1060. The summed E-state index contributed by atoms with van der Waals surface area (Å²) in [5.41, 5.74) is 4.63. The standard InChI is InChI=1S/C28H34O5/c1-28-10-9-21-20-8-6-19(29)14-17(20)5-7-22(21)23(28)15-18(27(28)30)11-16-12-24(31-2)26(33-4)25(13-16)32-3/h6,8,11-14,21-23,27,29-30H,5,7,9-10,15H2,1-4H3/t21?,22?,23?,27-,28-/m0/s1. The second kappa shape index (κ2) is 8.28. The molecule has 5 nitrogen and oxygen atoms in total. The van der Waals surface area contributed by atoms with Gasteiger partial charge in [-0.15, -0.1) is 0 Å². The molecule has 2 saturated carbocycles. The summed E-state index contributed by atoms with van der Waals surface area (Å²) in [5, 5.41) is 21.4. The Kier molecular flexibility index (Phi) is 5.56. The molecule has 0 aromatic heterocycles. The van der Waals surface area contributed by atoms with Gasteiger partial charge in [-0.25, -0.2) is 0 Å². The number of methoxy groups -OCH3 is 3. The van der Waals surface area contributed by atoms with Gasteiger partial charge in [-0.1, -0.05) is 19.1 Å². The molecule has 33 heavy (non-hydrogen) atoms. The van der Waals surface area contributed by atoms with Crippen molar-refractivity contribution in [1.82, 2.24) is 0 Å². The maximum absolute atomic E-state index is 11.5. The number of aromatic hydroxyl groups is 1. The molecule has 3 aliphatic rings. The average molecular weight is 451 g/mol. The third-order valence-electron chi connectivity index (χ3n) is 8.62. The first-order valence-electron chi connectivity index (χ1n) is 11.9. The van der Waals surface area contributed by atoms with Crippen LogP contribution >= 0.6 is 0 Å². The van der Waals surface area contributed by atoms with Crippen LogP contribution in [0, 0.1) is 17.3 Å². The fourth-order valence-corrected chi connectivity index (χ4v) is 6.97. The Labute approximate surface area is 196 Å². The molecule has 0 spiro atoms. The molecule has 0 aliphatic heterocycles. The van der Waals surface area contributed by atoms with Gasteiger partial charge in [0.2, 0.25) is 5.75 Å². The first-order valence-corrected chi connectivity index (χ1v) is 11.9. The Morgan fingerprint density at radius 1 is 1.00 bits per heavy atom. The molecule has 0 heterocycles. The third-order valence-corrected chi connectivity index (χ3v) is 8.62. The predicted octanol–water partition coefficient (Wildman–Crippen LogP) is 5.33. The van der Waals surface area contributed by atoms with Gasteiger partial charge in [0.05, 0.1) is 27.4 Å². The van der Waals surface area contributed by atoms with Crippen molar-refractivity contribution in [3.63, 3.8) is 0 Å². The topological polar surface area (TPSA) is 68.2 Å². The van der Waals surface area contributed by atoms with E-state index in [4.69, 9.17) is 14.2 Å². The van der Waals surface area contributed by atoms with Crippen LogP contribution in [-0.4, -0.2) is 37.6 Å². The molecule has 2 aromatic rings. The van der Waals surface area contributed by atoms with E-state index in [1.54, 1.807) is 21.3 Å². The van der Waals surface area contributed by atoms with Gasteiger partial charge in [-0.05, 0) is 96.4 Å². The average Bonchev–Trinajstić information content (AvgIpc) is 3.08. The van der Waals surface area contributed by atoms with E-state index in [0.717, 1.165) is 43.2 Å². The van der Waals surface area contributed by atoms with Crippen LogP contribution in [0.25, 0.3) is 6.08 Å². The number of fused-ring (bicyclic) bond motifs is 5. The molecule has 5 rings (SSSR count). The second-order valence-electron chi connectivity index (χ2n) is 10.1. The van der Waals surface area contributed by atoms with Gasteiger partial charge in [0.15, 0.2) is 11.5 Å². The van der Waals surface area contributed by atoms with Gasteiger partial charge in [0.25, 0.3) is 0 Å². The highest BCUT2D eigenvalue weighted by molar-refractivity contribution is 5.64. The van der Waals surface area contributed by atoms with Gasteiger partial charge in [0.1, 0.15) is 5.75 Å². The van der Waals surface area contributed by atoms with Crippen LogP contribution < -0.4 is 14.2 Å². The Morgan fingerprint density at radius 2 is 1.73 bits per heavy atom. The Hall–Kier alpha value is -2.66. The highest BCUT2D eigenvalue weighted by Gasteiger charge is 2.56. The summed E-state index contributed by atoms with van der Waals surface area (Å²) in [4.78, 5) is 0. The van der Waals surface area contributed by atoms with Gasteiger partial charge in [-0.3, -0.25) is 0 Å². The summed E-state index contributed by atoms with van der Waals surface area (Å²) in [7, 11) is 4.84. The molecule has 3 aliphatic carbocycles. The fraction of sp³-hybridized carbons (Fsp3) is 0.500. The normalized spacial score (nSPS) is 31.5. The molecule has 2 fully saturated rings.